The van der Waals surface area contributed by atoms with Gasteiger partial charge in [-0.3, -0.25) is 4.99 Å². The number of hydrogen-bond donors (Lipinski definition) is 2. The Morgan fingerprint density at radius 3 is 2.52 bits per heavy atom. The molecule has 0 amide bonds. The van der Waals surface area contributed by atoms with Crippen molar-refractivity contribution < 1.29 is 4.74 Å². The van der Waals surface area contributed by atoms with Crippen LogP contribution in [0.4, 0.5) is 0 Å². The number of aliphatic imine (C=N–C) groups is 1. The van der Waals surface area contributed by atoms with Gasteiger partial charge in [0.15, 0.2) is 5.96 Å². The van der Waals surface area contributed by atoms with Crippen LogP contribution in [0.3, 0.4) is 0 Å². The average molecular weight is 332 g/mol. The zero-order valence-electron chi connectivity index (χ0n) is 13.7. The van der Waals surface area contributed by atoms with Crippen LogP contribution in [-0.4, -0.2) is 20.1 Å². The smallest absolute Gasteiger partial charge is 0.191 e. The lowest BCUT2D eigenvalue weighted by Gasteiger charge is -2.13. The number of methoxy groups -OCH3 is 1. The van der Waals surface area contributed by atoms with E-state index >= 15 is 0 Å². The summed E-state index contributed by atoms with van der Waals surface area (Å²) in [4.78, 5) is 4.23. The van der Waals surface area contributed by atoms with Crippen molar-refractivity contribution in [1.29, 1.82) is 0 Å². The number of guanidine groups is 1. The van der Waals surface area contributed by atoms with Crippen molar-refractivity contribution in [3.8, 4) is 5.75 Å². The summed E-state index contributed by atoms with van der Waals surface area (Å²) in [5, 5.41) is 7.31. The molecule has 0 fully saturated rings. The summed E-state index contributed by atoms with van der Waals surface area (Å²) in [6, 6.07) is 13.9. The second-order valence-corrected chi connectivity index (χ2v) is 5.58. The number of rotatable bonds is 5. The Labute approximate surface area is 142 Å². The fourth-order valence-electron chi connectivity index (χ4n) is 2.28. The highest BCUT2D eigenvalue weighted by molar-refractivity contribution is 6.31. The maximum Gasteiger partial charge on any atom is 0.191 e. The van der Waals surface area contributed by atoms with E-state index in [0.29, 0.717) is 13.1 Å². The Bertz CT molecular complexity index is 686. The van der Waals surface area contributed by atoms with Crippen molar-refractivity contribution >= 4 is 17.6 Å². The molecule has 0 aromatic heterocycles. The van der Waals surface area contributed by atoms with Gasteiger partial charge >= 0.3 is 0 Å². The molecule has 0 atom stereocenters. The average Bonchev–Trinajstić information content (AvgIpc) is 2.56. The number of nitrogens with one attached hydrogen (secondary N) is 2. The second kappa shape index (κ2) is 8.44. The summed E-state index contributed by atoms with van der Waals surface area (Å²) in [7, 11) is 3.43. The molecule has 122 valence electrons. The molecule has 23 heavy (non-hydrogen) atoms. The number of ether oxygens (including phenoxy) is 1. The van der Waals surface area contributed by atoms with Crippen molar-refractivity contribution in [2.24, 2.45) is 4.99 Å². The van der Waals surface area contributed by atoms with Crippen LogP contribution >= 0.6 is 11.6 Å². The first kappa shape index (κ1) is 17.2. The molecule has 5 heteroatoms. The van der Waals surface area contributed by atoms with Crippen LogP contribution in [0.5, 0.6) is 5.75 Å². The molecule has 2 N–H and O–H groups in total. The van der Waals surface area contributed by atoms with Crippen molar-refractivity contribution in [1.82, 2.24) is 10.6 Å². The van der Waals surface area contributed by atoms with Gasteiger partial charge in [0.05, 0.1) is 7.11 Å². The van der Waals surface area contributed by atoms with E-state index in [-0.39, 0.29) is 0 Å². The van der Waals surface area contributed by atoms with Crippen molar-refractivity contribution in [3.63, 3.8) is 0 Å². The molecule has 2 aromatic rings. The molecule has 0 aliphatic heterocycles. The predicted molar refractivity (Wildman–Crippen MR) is 96.2 cm³/mol. The first-order valence-electron chi connectivity index (χ1n) is 7.45. The van der Waals surface area contributed by atoms with E-state index in [1.807, 2.05) is 43.3 Å². The standard InChI is InChI=1S/C18H22ClN3O/c1-13-10-14(8-9-17(13)23-3)11-21-18(20-2)22-12-15-6-4-5-7-16(15)19/h4-10H,11-12H2,1-3H3,(H2,20,21,22). The van der Waals surface area contributed by atoms with Gasteiger partial charge in [0.25, 0.3) is 0 Å². The number of hydrogen-bond acceptors (Lipinski definition) is 2. The molecule has 0 radical (unpaired) electrons. The summed E-state index contributed by atoms with van der Waals surface area (Å²) in [5.41, 5.74) is 3.33. The monoisotopic (exact) mass is 331 g/mol. The number of aryl methyl sites for hydroxylation is 1. The third kappa shape index (κ3) is 4.89. The van der Waals surface area contributed by atoms with Crippen LogP contribution in [0.25, 0.3) is 0 Å². The predicted octanol–water partition coefficient (Wildman–Crippen LogP) is 3.52. The molecular formula is C18H22ClN3O. The van der Waals surface area contributed by atoms with Gasteiger partial charge in [-0.05, 0) is 35.7 Å². The molecule has 0 saturated heterocycles. The van der Waals surface area contributed by atoms with Gasteiger partial charge in [0, 0.05) is 25.2 Å². The highest BCUT2D eigenvalue weighted by Gasteiger charge is 2.03. The summed E-state index contributed by atoms with van der Waals surface area (Å²) < 4.78 is 5.28. The van der Waals surface area contributed by atoms with E-state index < -0.39 is 0 Å². The van der Waals surface area contributed by atoms with E-state index in [1.54, 1.807) is 14.2 Å². The van der Waals surface area contributed by atoms with Gasteiger partial charge in [-0.25, -0.2) is 0 Å². The number of halogens is 1. The summed E-state index contributed by atoms with van der Waals surface area (Å²) in [5.74, 6) is 1.63. The van der Waals surface area contributed by atoms with Crippen molar-refractivity contribution in [2.45, 2.75) is 20.0 Å². The largest absolute Gasteiger partial charge is 0.496 e. The van der Waals surface area contributed by atoms with Crippen LogP contribution in [-0.2, 0) is 13.1 Å². The van der Waals surface area contributed by atoms with Crippen LogP contribution < -0.4 is 15.4 Å². The first-order chi connectivity index (χ1) is 11.1. The topological polar surface area (TPSA) is 45.7 Å². The zero-order chi connectivity index (χ0) is 16.7. The molecular weight excluding hydrogens is 310 g/mol. The Morgan fingerprint density at radius 2 is 1.87 bits per heavy atom. The third-order valence-corrected chi connectivity index (χ3v) is 3.92. The quantitative estimate of drug-likeness (QED) is 0.651. The van der Waals surface area contributed by atoms with Gasteiger partial charge < -0.3 is 15.4 Å². The van der Waals surface area contributed by atoms with Crippen LogP contribution in [0.2, 0.25) is 5.02 Å². The molecule has 0 bridgehead atoms. The van der Waals surface area contributed by atoms with Gasteiger partial charge in [-0.1, -0.05) is 41.9 Å². The van der Waals surface area contributed by atoms with E-state index in [2.05, 4.69) is 21.7 Å². The van der Waals surface area contributed by atoms with E-state index in [4.69, 9.17) is 16.3 Å². The molecule has 2 rings (SSSR count). The maximum absolute atomic E-state index is 6.16. The minimum atomic E-state index is 0.626. The fraction of sp³-hybridized carbons (Fsp3) is 0.278. The molecule has 0 unspecified atom stereocenters. The Morgan fingerprint density at radius 1 is 1.13 bits per heavy atom. The first-order valence-corrected chi connectivity index (χ1v) is 7.83. The minimum absolute atomic E-state index is 0.626. The van der Waals surface area contributed by atoms with Crippen LogP contribution in [0.15, 0.2) is 47.5 Å². The Kier molecular flexibility index (Phi) is 6.29. The molecule has 2 aromatic carbocycles. The van der Waals surface area contributed by atoms with Crippen molar-refractivity contribution in [3.05, 3.63) is 64.2 Å². The summed E-state index contributed by atoms with van der Waals surface area (Å²) in [6.07, 6.45) is 0. The lowest BCUT2D eigenvalue weighted by molar-refractivity contribution is 0.411. The van der Waals surface area contributed by atoms with Crippen LogP contribution in [0, 0.1) is 6.92 Å². The molecule has 0 spiro atoms. The maximum atomic E-state index is 6.16. The van der Waals surface area contributed by atoms with Gasteiger partial charge in [-0.2, -0.15) is 0 Å². The Hall–Kier alpha value is -2.20. The lowest BCUT2D eigenvalue weighted by atomic mass is 10.1. The minimum Gasteiger partial charge on any atom is -0.496 e. The van der Waals surface area contributed by atoms with E-state index in [1.165, 1.54) is 5.56 Å². The zero-order valence-corrected chi connectivity index (χ0v) is 14.4. The SMILES string of the molecule is CN=C(NCc1ccc(OC)c(C)c1)NCc1ccccc1Cl. The third-order valence-electron chi connectivity index (χ3n) is 3.55. The lowest BCUT2D eigenvalue weighted by Crippen LogP contribution is -2.36. The normalized spacial score (nSPS) is 11.2. The van der Waals surface area contributed by atoms with E-state index in [0.717, 1.165) is 27.9 Å². The fourth-order valence-corrected chi connectivity index (χ4v) is 2.48. The Balaban J connectivity index is 1.90. The van der Waals surface area contributed by atoms with Gasteiger partial charge in [0.1, 0.15) is 5.75 Å². The van der Waals surface area contributed by atoms with Gasteiger partial charge in [-0.15, -0.1) is 0 Å². The van der Waals surface area contributed by atoms with Crippen molar-refractivity contribution in [2.75, 3.05) is 14.2 Å². The summed E-state index contributed by atoms with van der Waals surface area (Å²) in [6.45, 7) is 3.35. The number of benzene rings is 2. The molecule has 4 nitrogen and oxygen atoms in total. The molecule has 0 heterocycles. The highest BCUT2D eigenvalue weighted by Crippen LogP contribution is 2.18. The molecule has 0 aliphatic carbocycles. The van der Waals surface area contributed by atoms with Gasteiger partial charge in [0.2, 0.25) is 0 Å². The van der Waals surface area contributed by atoms with Crippen LogP contribution in [0.1, 0.15) is 16.7 Å². The molecule has 0 aliphatic rings. The molecule has 0 saturated carbocycles. The van der Waals surface area contributed by atoms with E-state index in [9.17, 15) is 0 Å². The highest BCUT2D eigenvalue weighted by atomic mass is 35.5. The second-order valence-electron chi connectivity index (χ2n) is 5.17. The number of nitrogens with zero attached hydrogens (tertiary/aromatic N) is 1. The summed E-state index contributed by atoms with van der Waals surface area (Å²) >= 11 is 6.16.